The van der Waals surface area contributed by atoms with Crippen molar-refractivity contribution in [3.8, 4) is 16.1 Å². The van der Waals surface area contributed by atoms with E-state index in [0.29, 0.717) is 55.7 Å². The lowest BCUT2D eigenvalue weighted by molar-refractivity contribution is -0.133. The molecular weight excluding hydrogens is 696 g/mol. The number of aryl methyl sites for hydroxylation is 2. The predicted molar refractivity (Wildman–Crippen MR) is 202 cm³/mol. The lowest BCUT2D eigenvalue weighted by Crippen LogP contribution is -2.51. The van der Waals surface area contributed by atoms with E-state index in [1.807, 2.05) is 60.2 Å². The van der Waals surface area contributed by atoms with Crippen LogP contribution in [-0.4, -0.2) is 80.7 Å². The van der Waals surface area contributed by atoms with Gasteiger partial charge in [-0.1, -0.05) is 41.9 Å². The summed E-state index contributed by atoms with van der Waals surface area (Å²) < 4.78 is 2.01. The lowest BCUT2D eigenvalue weighted by atomic mass is 9.99. The van der Waals surface area contributed by atoms with Gasteiger partial charge in [0.15, 0.2) is 5.82 Å². The molecule has 0 spiro atoms. The zero-order valence-electron chi connectivity index (χ0n) is 29.1. The molecule has 0 bridgehead atoms. The van der Waals surface area contributed by atoms with Gasteiger partial charge in [-0.25, -0.2) is 4.98 Å². The molecule has 3 aliphatic rings. The molecule has 1 atom stereocenters. The van der Waals surface area contributed by atoms with Crippen LogP contribution in [0.3, 0.4) is 0 Å². The molecule has 0 saturated carbocycles. The summed E-state index contributed by atoms with van der Waals surface area (Å²) in [6.45, 7) is 8.29. The number of aromatic nitrogens is 4. The van der Waals surface area contributed by atoms with Crippen LogP contribution in [0.1, 0.15) is 56.8 Å². The average molecular weight is 733 g/mol. The van der Waals surface area contributed by atoms with Crippen LogP contribution in [0, 0.1) is 20.8 Å². The molecule has 0 unspecified atom stereocenters. The van der Waals surface area contributed by atoms with Gasteiger partial charge in [-0.15, -0.1) is 21.5 Å². The number of ketones is 1. The van der Waals surface area contributed by atoms with Crippen molar-refractivity contribution in [3.05, 3.63) is 110 Å². The van der Waals surface area contributed by atoms with Crippen molar-refractivity contribution in [3.63, 3.8) is 0 Å². The van der Waals surface area contributed by atoms with E-state index in [4.69, 9.17) is 21.6 Å². The number of piperazine rings is 1. The summed E-state index contributed by atoms with van der Waals surface area (Å²) in [5.74, 6) is 2.00. The van der Waals surface area contributed by atoms with E-state index in [-0.39, 0.29) is 30.6 Å². The van der Waals surface area contributed by atoms with E-state index in [1.165, 1.54) is 4.88 Å². The molecule has 1 saturated heterocycles. The van der Waals surface area contributed by atoms with Crippen molar-refractivity contribution < 1.29 is 14.4 Å². The minimum Gasteiger partial charge on any atom is -0.353 e. The van der Waals surface area contributed by atoms with Crippen molar-refractivity contribution in [2.45, 2.75) is 46.1 Å². The monoisotopic (exact) mass is 732 g/mol. The van der Waals surface area contributed by atoms with Gasteiger partial charge in [-0.3, -0.25) is 23.9 Å². The number of pyridine rings is 1. The fourth-order valence-electron chi connectivity index (χ4n) is 7.22. The third-order valence-electron chi connectivity index (χ3n) is 10.2. The highest BCUT2D eigenvalue weighted by atomic mass is 35.5. The van der Waals surface area contributed by atoms with E-state index < -0.39 is 6.04 Å². The van der Waals surface area contributed by atoms with Crippen LogP contribution in [0.2, 0.25) is 5.02 Å². The SMILES string of the molecule is Cc1sc2c(c1C)C(c1ccc(Cl)cc1)=N[C@@H](CC(=O)NCC(=O)N1CCN(c3ccc(-c4ccc5c(c4)CC(=O)C5)cn3)CC1)c1nnc(C)n1-2. The summed E-state index contributed by atoms with van der Waals surface area (Å²) in [7, 11) is 0. The number of nitrogens with one attached hydrogen (secondary N) is 1. The lowest BCUT2D eigenvalue weighted by Gasteiger charge is -2.35. The third-order valence-corrected chi connectivity index (χ3v) is 11.6. The molecule has 2 aliphatic heterocycles. The fraction of sp³-hybridized carbons (Fsp3) is 0.308. The van der Waals surface area contributed by atoms with Gasteiger partial charge in [0.25, 0.3) is 0 Å². The van der Waals surface area contributed by atoms with E-state index in [1.54, 1.807) is 16.2 Å². The van der Waals surface area contributed by atoms with Gasteiger partial charge < -0.3 is 15.1 Å². The summed E-state index contributed by atoms with van der Waals surface area (Å²) in [6.07, 6.45) is 2.90. The summed E-state index contributed by atoms with van der Waals surface area (Å²) >= 11 is 7.88. The summed E-state index contributed by atoms with van der Waals surface area (Å²) in [5, 5.41) is 13.3. The molecular formula is C39H37ClN8O3S. The standard InChI is InChI=1S/C39H37ClN8O3S/c1-22-23(2)52-39-36(22)37(25-6-9-30(40)10-7-25)43-32(38-45-44-24(3)48(38)39)19-34(50)42-21-35(51)47-14-12-46(13-15-47)33-11-8-28(20-41-33)26-4-5-27-17-31(49)18-29(27)16-26/h4-11,16,20,32H,12-15,17-19,21H2,1-3H3,(H,42,50)/t32-/m0/s1. The number of thiophene rings is 1. The summed E-state index contributed by atoms with van der Waals surface area (Å²) in [6, 6.07) is 17.2. The number of hydrogen-bond acceptors (Lipinski definition) is 9. The van der Waals surface area contributed by atoms with Crippen molar-refractivity contribution in [1.29, 1.82) is 0 Å². The van der Waals surface area contributed by atoms with E-state index in [9.17, 15) is 14.4 Å². The Morgan fingerprint density at radius 1 is 0.904 bits per heavy atom. The van der Waals surface area contributed by atoms with E-state index >= 15 is 0 Å². The van der Waals surface area contributed by atoms with Gasteiger partial charge in [0, 0.05) is 71.8 Å². The first-order valence-corrected chi connectivity index (χ1v) is 18.6. The van der Waals surface area contributed by atoms with Gasteiger partial charge in [0.2, 0.25) is 11.8 Å². The Morgan fingerprint density at radius 2 is 1.63 bits per heavy atom. The van der Waals surface area contributed by atoms with Gasteiger partial charge in [0.05, 0.1) is 18.7 Å². The number of aliphatic imine (C=N–C) groups is 1. The number of carbonyl (C=O) groups excluding carboxylic acids is 3. The van der Waals surface area contributed by atoms with Crippen molar-refractivity contribution in [2.75, 3.05) is 37.6 Å². The van der Waals surface area contributed by atoms with Gasteiger partial charge in [-0.05, 0) is 67.3 Å². The fourth-order valence-corrected chi connectivity index (χ4v) is 8.56. The highest BCUT2D eigenvalue weighted by Crippen LogP contribution is 2.39. The predicted octanol–water partition coefficient (Wildman–Crippen LogP) is 5.38. The summed E-state index contributed by atoms with van der Waals surface area (Å²) in [4.78, 5) is 53.5. The minimum absolute atomic E-state index is 0.00843. The molecule has 2 amide bonds. The Bertz CT molecular complexity index is 2250. The molecule has 1 fully saturated rings. The zero-order chi connectivity index (χ0) is 36.1. The van der Waals surface area contributed by atoms with Crippen LogP contribution in [0.25, 0.3) is 16.1 Å². The first-order valence-electron chi connectivity index (χ1n) is 17.4. The van der Waals surface area contributed by atoms with Crippen LogP contribution in [0.4, 0.5) is 5.82 Å². The van der Waals surface area contributed by atoms with Crippen LogP contribution >= 0.6 is 22.9 Å². The quantitative estimate of drug-likeness (QED) is 0.238. The first kappa shape index (κ1) is 33.9. The Hall–Kier alpha value is -5.20. The number of benzene rings is 2. The number of fused-ring (bicyclic) bond motifs is 4. The highest BCUT2D eigenvalue weighted by molar-refractivity contribution is 7.15. The van der Waals surface area contributed by atoms with E-state index in [2.05, 4.69) is 46.4 Å². The van der Waals surface area contributed by atoms with Gasteiger partial charge in [-0.2, -0.15) is 0 Å². The Kier molecular flexibility index (Phi) is 8.96. The second-order valence-corrected chi connectivity index (χ2v) is 15.2. The normalized spacial score (nSPS) is 16.6. The molecule has 0 radical (unpaired) electrons. The number of Topliss-reactive ketones (excluding diaryl/α,β-unsaturated/α-hetero) is 1. The maximum atomic E-state index is 13.4. The Balaban J connectivity index is 0.904. The molecule has 11 nitrogen and oxygen atoms in total. The van der Waals surface area contributed by atoms with Crippen molar-refractivity contribution in [1.82, 2.24) is 30.0 Å². The number of hydrogen-bond donors (Lipinski definition) is 1. The molecule has 3 aromatic heterocycles. The second kappa shape index (κ2) is 13.7. The minimum atomic E-state index is -0.615. The summed E-state index contributed by atoms with van der Waals surface area (Å²) in [5.41, 5.74) is 8.06. The average Bonchev–Trinajstić information content (AvgIpc) is 3.79. The molecule has 5 heterocycles. The van der Waals surface area contributed by atoms with Crippen molar-refractivity contribution >= 4 is 52.1 Å². The third kappa shape index (κ3) is 6.41. The maximum absolute atomic E-state index is 13.4. The largest absolute Gasteiger partial charge is 0.353 e. The molecule has 13 heteroatoms. The Labute approximate surface area is 310 Å². The smallest absolute Gasteiger partial charge is 0.242 e. The van der Waals surface area contributed by atoms with Gasteiger partial charge >= 0.3 is 0 Å². The molecule has 2 aromatic carbocycles. The highest BCUT2D eigenvalue weighted by Gasteiger charge is 2.33. The maximum Gasteiger partial charge on any atom is 0.242 e. The number of rotatable bonds is 7. The number of halogens is 1. The van der Waals surface area contributed by atoms with Crippen LogP contribution in [-0.2, 0) is 27.2 Å². The first-order chi connectivity index (χ1) is 25.1. The molecule has 1 aliphatic carbocycles. The number of nitrogens with zero attached hydrogens (tertiary/aromatic N) is 7. The molecule has 8 rings (SSSR count). The molecule has 5 aromatic rings. The number of carbonyl (C=O) groups is 3. The zero-order valence-corrected chi connectivity index (χ0v) is 30.7. The van der Waals surface area contributed by atoms with Crippen LogP contribution in [0.5, 0.6) is 0 Å². The number of anilines is 1. The molecule has 1 N–H and O–H groups in total. The molecule has 264 valence electrons. The van der Waals surface area contributed by atoms with Gasteiger partial charge in [0.1, 0.15) is 28.5 Å². The van der Waals surface area contributed by atoms with Crippen LogP contribution in [0.15, 0.2) is 65.8 Å². The second-order valence-electron chi connectivity index (χ2n) is 13.5. The van der Waals surface area contributed by atoms with E-state index in [0.717, 1.165) is 55.5 Å². The van der Waals surface area contributed by atoms with Crippen LogP contribution < -0.4 is 10.2 Å². The molecule has 52 heavy (non-hydrogen) atoms. The topological polar surface area (TPSA) is 126 Å². The number of amides is 2. The van der Waals surface area contributed by atoms with Crippen molar-refractivity contribution in [2.24, 2.45) is 4.99 Å². The Morgan fingerprint density at radius 3 is 2.38 bits per heavy atom.